The molecule has 12 heteroatoms. The van der Waals surface area contributed by atoms with Crippen LogP contribution in [-0.2, 0) is 19.9 Å². The molecule has 3 amide bonds. The number of carbonyl (C=O) groups excluding carboxylic acids is 3. The zero-order valence-electron chi connectivity index (χ0n) is 17.5. The number of nitrogens with zero attached hydrogens (tertiary/aromatic N) is 1. The number of carbonyl (C=O) groups is 3. The highest BCUT2D eigenvalue weighted by molar-refractivity contribution is 6.38. The molecule has 2 aromatic carbocycles. The predicted octanol–water partition coefficient (Wildman–Crippen LogP) is 3.79. The first kappa shape index (κ1) is 23.7. The van der Waals surface area contributed by atoms with E-state index in [1.807, 2.05) is 4.90 Å². The molecule has 0 radical (unpaired) electrons. The summed E-state index contributed by atoms with van der Waals surface area (Å²) in [5.41, 5.74) is 1.87. The Bertz CT molecular complexity index is 1220. The van der Waals surface area contributed by atoms with E-state index in [1.165, 1.54) is 6.07 Å². The van der Waals surface area contributed by atoms with Crippen LogP contribution in [0.3, 0.4) is 0 Å². The highest BCUT2D eigenvalue weighted by atomic mass is 35.5. The second-order valence-corrected chi connectivity index (χ2v) is 10.3. The molecule has 3 aliphatic heterocycles. The Morgan fingerprint density at radius 2 is 1.71 bits per heavy atom. The third kappa shape index (κ3) is 3.39. The van der Waals surface area contributed by atoms with E-state index in [2.05, 4.69) is 16.1 Å². The Hall–Kier alpha value is -2.07. The molecule has 2 aromatic rings. The second-order valence-electron chi connectivity index (χ2n) is 8.59. The van der Waals surface area contributed by atoms with Crippen molar-refractivity contribution in [3.8, 4) is 0 Å². The standard InChI is InChI=1S/C22H19Cl4N5O3/c23-9-4-10(24)6-12(5-9)28-19(32)16-15-2-1-3-31(15)22(17(16)20(33)30-27)13-7-11(25)8-14(26)18(13)29-21(22)34/h4-8,15-17H,1-3,27H2,(H,28,32)(H,29,34)(H,30,33)/t15-,16+,17-,22?/m1/s1. The number of nitrogens with one attached hydrogen (secondary N) is 3. The van der Waals surface area contributed by atoms with Crippen LogP contribution in [0.1, 0.15) is 18.4 Å². The molecule has 3 heterocycles. The van der Waals surface area contributed by atoms with E-state index in [9.17, 15) is 14.4 Å². The first-order valence-electron chi connectivity index (χ1n) is 10.5. The Morgan fingerprint density at radius 3 is 2.38 bits per heavy atom. The van der Waals surface area contributed by atoms with Crippen LogP contribution in [0.2, 0.25) is 20.1 Å². The molecule has 0 saturated carbocycles. The number of rotatable bonds is 3. The summed E-state index contributed by atoms with van der Waals surface area (Å²) in [6.07, 6.45) is 1.36. The SMILES string of the molecule is NNC(=O)[C@H]1[C@@H](C(=O)Nc2cc(Cl)cc(Cl)c2)[C@H]2CCCN2C12C(=O)Nc1c(Cl)cc(Cl)cc12. The first-order chi connectivity index (χ1) is 16.2. The number of anilines is 2. The van der Waals surface area contributed by atoms with Gasteiger partial charge in [0, 0.05) is 32.4 Å². The van der Waals surface area contributed by atoms with Gasteiger partial charge in [-0.2, -0.15) is 0 Å². The minimum Gasteiger partial charge on any atom is -0.326 e. The lowest BCUT2D eigenvalue weighted by molar-refractivity contribution is -0.140. The van der Waals surface area contributed by atoms with Crippen LogP contribution in [0.5, 0.6) is 0 Å². The monoisotopic (exact) mass is 541 g/mol. The minimum absolute atomic E-state index is 0.247. The maximum atomic E-state index is 13.7. The predicted molar refractivity (Wildman–Crippen MR) is 131 cm³/mol. The van der Waals surface area contributed by atoms with Gasteiger partial charge in [0.2, 0.25) is 11.8 Å². The van der Waals surface area contributed by atoms with Gasteiger partial charge in [-0.3, -0.25) is 24.7 Å². The van der Waals surface area contributed by atoms with E-state index in [4.69, 9.17) is 52.2 Å². The van der Waals surface area contributed by atoms with Crippen molar-refractivity contribution in [1.29, 1.82) is 0 Å². The van der Waals surface area contributed by atoms with Gasteiger partial charge >= 0.3 is 0 Å². The van der Waals surface area contributed by atoms with Crippen LogP contribution in [0, 0.1) is 11.8 Å². The highest BCUT2D eigenvalue weighted by Crippen LogP contribution is 2.59. The number of halogens is 4. The van der Waals surface area contributed by atoms with E-state index < -0.39 is 41.1 Å². The normalized spacial score (nSPS) is 27.4. The highest BCUT2D eigenvalue weighted by Gasteiger charge is 2.71. The molecule has 4 atom stereocenters. The van der Waals surface area contributed by atoms with E-state index in [0.717, 1.165) is 6.42 Å². The van der Waals surface area contributed by atoms with Gasteiger partial charge in [0.1, 0.15) is 5.54 Å². The largest absolute Gasteiger partial charge is 0.326 e. The summed E-state index contributed by atoms with van der Waals surface area (Å²) >= 11 is 24.9. The lowest BCUT2D eigenvalue weighted by Crippen LogP contribution is -2.56. The van der Waals surface area contributed by atoms with Crippen molar-refractivity contribution in [2.45, 2.75) is 24.4 Å². The molecule has 5 rings (SSSR count). The molecule has 0 bridgehead atoms. The fourth-order valence-electron chi connectivity index (χ4n) is 5.81. The van der Waals surface area contributed by atoms with E-state index in [1.54, 1.807) is 24.3 Å². The van der Waals surface area contributed by atoms with Crippen LogP contribution in [0.25, 0.3) is 0 Å². The summed E-state index contributed by atoms with van der Waals surface area (Å²) < 4.78 is 0. The van der Waals surface area contributed by atoms with Crippen LogP contribution in [-0.4, -0.2) is 35.2 Å². The third-order valence-corrected chi connectivity index (χ3v) is 7.84. The van der Waals surface area contributed by atoms with Gasteiger partial charge in [-0.1, -0.05) is 46.4 Å². The molecule has 178 valence electrons. The molecule has 1 unspecified atom stereocenters. The molecule has 2 saturated heterocycles. The van der Waals surface area contributed by atoms with E-state index in [0.29, 0.717) is 45.0 Å². The van der Waals surface area contributed by atoms with Crippen molar-refractivity contribution < 1.29 is 14.4 Å². The second kappa shape index (κ2) is 8.55. The van der Waals surface area contributed by atoms with Gasteiger partial charge < -0.3 is 10.6 Å². The fourth-order valence-corrected chi connectivity index (χ4v) is 6.88. The summed E-state index contributed by atoms with van der Waals surface area (Å²) in [7, 11) is 0. The zero-order valence-corrected chi connectivity index (χ0v) is 20.5. The number of hydrogen-bond acceptors (Lipinski definition) is 5. The summed E-state index contributed by atoms with van der Waals surface area (Å²) in [6.45, 7) is 0.503. The molecule has 34 heavy (non-hydrogen) atoms. The molecule has 8 nitrogen and oxygen atoms in total. The third-order valence-electron chi connectivity index (χ3n) is 6.88. The number of benzene rings is 2. The number of amides is 3. The number of fused-ring (bicyclic) bond motifs is 4. The van der Waals surface area contributed by atoms with Crippen LogP contribution >= 0.6 is 46.4 Å². The Morgan fingerprint density at radius 1 is 1.03 bits per heavy atom. The van der Waals surface area contributed by atoms with Crippen LogP contribution < -0.4 is 21.9 Å². The molecule has 0 aliphatic carbocycles. The van der Waals surface area contributed by atoms with Gasteiger partial charge in [-0.15, -0.1) is 0 Å². The first-order valence-corrected chi connectivity index (χ1v) is 12.0. The molecular weight excluding hydrogens is 524 g/mol. The molecule has 3 aliphatic rings. The lowest BCUT2D eigenvalue weighted by atomic mass is 9.73. The maximum Gasteiger partial charge on any atom is 0.250 e. The molecule has 2 fully saturated rings. The molecular formula is C22H19Cl4N5O3. The van der Waals surface area contributed by atoms with Gasteiger partial charge in [0.15, 0.2) is 0 Å². The summed E-state index contributed by atoms with van der Waals surface area (Å²) in [5, 5.41) is 6.88. The average Bonchev–Trinajstić information content (AvgIpc) is 3.41. The van der Waals surface area contributed by atoms with E-state index in [-0.39, 0.29) is 5.02 Å². The average molecular weight is 543 g/mol. The van der Waals surface area contributed by atoms with Crippen molar-refractivity contribution in [3.05, 3.63) is 56.0 Å². The van der Waals surface area contributed by atoms with Crippen molar-refractivity contribution in [1.82, 2.24) is 10.3 Å². The fraction of sp³-hybridized carbons (Fsp3) is 0.318. The van der Waals surface area contributed by atoms with Crippen molar-refractivity contribution in [3.63, 3.8) is 0 Å². The summed E-state index contributed by atoms with van der Waals surface area (Å²) in [4.78, 5) is 42.5. The van der Waals surface area contributed by atoms with Crippen molar-refractivity contribution in [2.75, 3.05) is 17.2 Å². The number of hydrogen-bond donors (Lipinski definition) is 4. The van der Waals surface area contributed by atoms with Crippen molar-refractivity contribution >= 4 is 75.5 Å². The van der Waals surface area contributed by atoms with Gasteiger partial charge in [0.25, 0.3) is 5.91 Å². The summed E-state index contributed by atoms with van der Waals surface area (Å²) in [5.74, 6) is 1.97. The number of nitrogens with two attached hydrogens (primary N) is 1. The van der Waals surface area contributed by atoms with Crippen LogP contribution in [0.4, 0.5) is 11.4 Å². The van der Waals surface area contributed by atoms with Crippen molar-refractivity contribution in [2.24, 2.45) is 17.7 Å². The molecule has 0 aromatic heterocycles. The minimum atomic E-state index is -1.50. The van der Waals surface area contributed by atoms with Gasteiger partial charge in [-0.25, -0.2) is 5.84 Å². The number of hydrazine groups is 1. The van der Waals surface area contributed by atoms with E-state index >= 15 is 0 Å². The summed E-state index contributed by atoms with van der Waals surface area (Å²) in [6, 6.07) is 7.38. The quantitative estimate of drug-likeness (QED) is 0.267. The Labute approximate surface area is 215 Å². The molecule has 5 N–H and O–H groups in total. The Balaban J connectivity index is 1.66. The molecule has 1 spiro atoms. The Kier molecular flexibility index (Phi) is 5.95. The lowest BCUT2D eigenvalue weighted by Gasteiger charge is -2.36. The zero-order chi connectivity index (χ0) is 24.4. The van der Waals surface area contributed by atoms with Gasteiger partial charge in [0.05, 0.1) is 22.5 Å². The maximum absolute atomic E-state index is 13.7. The topological polar surface area (TPSA) is 117 Å². The smallest absolute Gasteiger partial charge is 0.250 e. The van der Waals surface area contributed by atoms with Crippen LogP contribution in [0.15, 0.2) is 30.3 Å². The van der Waals surface area contributed by atoms with Gasteiger partial charge in [-0.05, 0) is 49.7 Å².